The lowest BCUT2D eigenvalue weighted by Crippen LogP contribution is -2.30. The Morgan fingerprint density at radius 2 is 0.619 bits per heavy atom. The summed E-state index contributed by atoms with van der Waals surface area (Å²) in [5.41, 5.74) is 0. The Kier molecular flexibility index (Phi) is 48.9. The minimum absolute atomic E-state index is 0.0911. The molecule has 0 heterocycles. The lowest BCUT2D eigenvalue weighted by molar-refractivity contribution is -0.167. The molecule has 0 aromatic carbocycles. The fourth-order valence-electron chi connectivity index (χ4n) is 7.19. The van der Waals surface area contributed by atoms with Crippen molar-refractivity contribution in [1.82, 2.24) is 0 Å². The van der Waals surface area contributed by atoms with Crippen LogP contribution >= 0.6 is 0 Å². The van der Waals surface area contributed by atoms with Crippen LogP contribution in [0.5, 0.6) is 0 Å². The molecule has 0 N–H and O–H groups in total. The van der Waals surface area contributed by atoms with Crippen LogP contribution in [-0.2, 0) is 28.6 Å². The van der Waals surface area contributed by atoms with Gasteiger partial charge in [-0.25, -0.2) is 0 Å². The molecule has 0 radical (unpaired) electrons. The van der Waals surface area contributed by atoms with Crippen LogP contribution in [0.15, 0.2) is 72.9 Å². The van der Waals surface area contributed by atoms with Gasteiger partial charge in [0.2, 0.25) is 0 Å². The zero-order valence-corrected chi connectivity index (χ0v) is 41.3. The van der Waals surface area contributed by atoms with Crippen molar-refractivity contribution >= 4 is 17.9 Å². The molecule has 6 nitrogen and oxygen atoms in total. The summed E-state index contributed by atoms with van der Waals surface area (Å²) in [6, 6.07) is 0. The monoisotopic (exact) mass is 879 g/mol. The van der Waals surface area contributed by atoms with Crippen LogP contribution in [0.4, 0.5) is 0 Å². The van der Waals surface area contributed by atoms with E-state index in [1.165, 1.54) is 83.5 Å². The largest absolute Gasteiger partial charge is 0.462 e. The second kappa shape index (κ2) is 51.5. The summed E-state index contributed by atoms with van der Waals surface area (Å²) in [6.07, 6.45) is 64.5. The molecule has 6 heteroatoms. The Morgan fingerprint density at radius 1 is 0.333 bits per heavy atom. The first-order valence-electron chi connectivity index (χ1n) is 26.4. The third kappa shape index (κ3) is 49.7. The van der Waals surface area contributed by atoms with E-state index in [0.29, 0.717) is 19.3 Å². The zero-order chi connectivity index (χ0) is 45.8. The maximum absolute atomic E-state index is 12.8. The Bertz CT molecular complexity index is 1190. The Balaban J connectivity index is 4.45. The highest BCUT2D eigenvalue weighted by Gasteiger charge is 2.19. The Morgan fingerprint density at radius 3 is 1.02 bits per heavy atom. The van der Waals surface area contributed by atoms with Gasteiger partial charge in [0.05, 0.1) is 0 Å². The summed E-state index contributed by atoms with van der Waals surface area (Å²) in [6.45, 7) is 6.46. The number of rotatable bonds is 47. The predicted octanol–water partition coefficient (Wildman–Crippen LogP) is 17.4. The lowest BCUT2D eigenvalue weighted by atomic mass is 10.1. The van der Waals surface area contributed by atoms with E-state index in [1.54, 1.807) is 0 Å². The van der Waals surface area contributed by atoms with Gasteiger partial charge < -0.3 is 14.2 Å². The van der Waals surface area contributed by atoms with Gasteiger partial charge >= 0.3 is 17.9 Å². The maximum atomic E-state index is 12.8. The van der Waals surface area contributed by atoms with Crippen LogP contribution in [0, 0.1) is 0 Å². The number of hydrogen-bond donors (Lipinski definition) is 0. The quantitative estimate of drug-likeness (QED) is 0.0262. The van der Waals surface area contributed by atoms with Gasteiger partial charge in [0.25, 0.3) is 0 Å². The summed E-state index contributed by atoms with van der Waals surface area (Å²) >= 11 is 0. The zero-order valence-electron chi connectivity index (χ0n) is 41.3. The number of carbonyl (C=O) groups excluding carboxylic acids is 3. The summed E-state index contributed by atoms with van der Waals surface area (Å²) in [7, 11) is 0. The van der Waals surface area contributed by atoms with Crippen molar-refractivity contribution in [3.05, 3.63) is 72.9 Å². The molecule has 0 saturated carbocycles. The number of hydrogen-bond acceptors (Lipinski definition) is 6. The standard InChI is InChI=1S/C57H98O6/c1-4-7-10-13-16-19-22-25-28-31-34-37-40-43-46-49-55(58)61-52-54(63-57(60)51-48-45-42-39-36-33-30-27-24-21-18-15-12-9-6-3)53-62-56(59)50-47-44-41-38-35-32-29-26-23-20-17-14-11-8-5-2/h7,10,16,18-19,21,25-30,54H,4-6,8-9,11-15,17,20,22-24,31-53H2,1-3H3/b10-7-,19-16-,21-18-,28-25-,29-26-,30-27-/t54-/m1/s1. The van der Waals surface area contributed by atoms with E-state index < -0.39 is 6.10 Å². The minimum Gasteiger partial charge on any atom is -0.462 e. The van der Waals surface area contributed by atoms with Gasteiger partial charge in [0.1, 0.15) is 13.2 Å². The normalized spacial score (nSPS) is 12.6. The molecule has 0 spiro atoms. The number of unbranched alkanes of at least 4 members (excludes halogenated alkanes) is 24. The van der Waals surface area contributed by atoms with E-state index in [1.807, 2.05) is 0 Å². The molecule has 0 aliphatic heterocycles. The number of ether oxygens (including phenoxy) is 3. The molecule has 0 rings (SSSR count). The number of allylic oxidation sites excluding steroid dienone is 12. The summed E-state index contributed by atoms with van der Waals surface area (Å²) in [5.74, 6) is -0.928. The molecule has 0 aromatic rings. The topological polar surface area (TPSA) is 78.9 Å². The molecule has 0 unspecified atom stereocenters. The maximum Gasteiger partial charge on any atom is 0.306 e. The van der Waals surface area contributed by atoms with Gasteiger partial charge in [-0.15, -0.1) is 0 Å². The van der Waals surface area contributed by atoms with Crippen LogP contribution < -0.4 is 0 Å². The van der Waals surface area contributed by atoms with Crippen molar-refractivity contribution in [1.29, 1.82) is 0 Å². The highest BCUT2D eigenvalue weighted by Crippen LogP contribution is 2.14. The van der Waals surface area contributed by atoms with Crippen LogP contribution in [0.25, 0.3) is 0 Å². The van der Waals surface area contributed by atoms with E-state index >= 15 is 0 Å². The second-order valence-electron chi connectivity index (χ2n) is 17.4. The first kappa shape index (κ1) is 59.9. The van der Waals surface area contributed by atoms with Gasteiger partial charge in [0.15, 0.2) is 6.10 Å². The second-order valence-corrected chi connectivity index (χ2v) is 17.4. The Labute approximate surface area is 389 Å². The van der Waals surface area contributed by atoms with E-state index in [4.69, 9.17) is 14.2 Å². The van der Waals surface area contributed by atoms with Crippen LogP contribution in [0.2, 0.25) is 0 Å². The highest BCUT2D eigenvalue weighted by atomic mass is 16.6. The van der Waals surface area contributed by atoms with Crippen molar-refractivity contribution in [2.45, 2.75) is 258 Å². The van der Waals surface area contributed by atoms with Gasteiger partial charge in [-0.1, -0.05) is 196 Å². The third-order valence-corrected chi connectivity index (χ3v) is 11.2. The van der Waals surface area contributed by atoms with Crippen molar-refractivity contribution in [2.75, 3.05) is 13.2 Å². The Hall–Kier alpha value is -3.15. The summed E-state index contributed by atoms with van der Waals surface area (Å²) in [5, 5.41) is 0. The number of esters is 3. The van der Waals surface area contributed by atoms with E-state index in [0.717, 1.165) is 128 Å². The highest BCUT2D eigenvalue weighted by molar-refractivity contribution is 5.71. The van der Waals surface area contributed by atoms with Gasteiger partial charge in [-0.3, -0.25) is 14.4 Å². The molecular formula is C57H98O6. The third-order valence-electron chi connectivity index (χ3n) is 11.2. The van der Waals surface area contributed by atoms with Gasteiger partial charge in [-0.2, -0.15) is 0 Å². The first-order chi connectivity index (χ1) is 31.0. The molecular weight excluding hydrogens is 781 g/mol. The molecule has 0 amide bonds. The fourth-order valence-corrected chi connectivity index (χ4v) is 7.19. The van der Waals surface area contributed by atoms with E-state index in [2.05, 4.69) is 93.7 Å². The van der Waals surface area contributed by atoms with Crippen LogP contribution in [0.3, 0.4) is 0 Å². The molecule has 0 aromatic heterocycles. The average molecular weight is 879 g/mol. The molecule has 0 bridgehead atoms. The summed E-state index contributed by atoms with van der Waals surface area (Å²) in [4.78, 5) is 38.0. The SMILES string of the molecule is CC/C=C\C/C=C\C/C=C\CCCCCCCC(=O)OC[C@H](COC(=O)CCCCCCC/C=C\CCCCCCCC)OC(=O)CCCCCCC/C=C\C/C=C\CCCCC. The molecule has 0 aliphatic carbocycles. The van der Waals surface area contributed by atoms with Crippen molar-refractivity contribution in [3.8, 4) is 0 Å². The molecule has 0 aliphatic rings. The van der Waals surface area contributed by atoms with Crippen molar-refractivity contribution in [3.63, 3.8) is 0 Å². The molecule has 362 valence electrons. The minimum atomic E-state index is -0.793. The lowest BCUT2D eigenvalue weighted by Gasteiger charge is -2.18. The fraction of sp³-hybridized carbons (Fsp3) is 0.737. The van der Waals surface area contributed by atoms with Gasteiger partial charge in [-0.05, 0) is 109 Å². The van der Waals surface area contributed by atoms with Crippen LogP contribution in [-0.4, -0.2) is 37.2 Å². The molecule has 63 heavy (non-hydrogen) atoms. The van der Waals surface area contributed by atoms with Crippen molar-refractivity contribution < 1.29 is 28.6 Å². The van der Waals surface area contributed by atoms with E-state index in [9.17, 15) is 14.4 Å². The van der Waals surface area contributed by atoms with Crippen LogP contribution in [0.1, 0.15) is 252 Å². The number of carbonyl (C=O) groups is 3. The smallest absolute Gasteiger partial charge is 0.306 e. The first-order valence-corrected chi connectivity index (χ1v) is 26.4. The van der Waals surface area contributed by atoms with Crippen molar-refractivity contribution in [2.24, 2.45) is 0 Å². The predicted molar refractivity (Wildman–Crippen MR) is 270 cm³/mol. The molecule has 0 fully saturated rings. The summed E-state index contributed by atoms with van der Waals surface area (Å²) < 4.78 is 16.8. The van der Waals surface area contributed by atoms with Gasteiger partial charge in [0, 0.05) is 19.3 Å². The molecule has 1 atom stereocenters. The van der Waals surface area contributed by atoms with E-state index in [-0.39, 0.29) is 31.1 Å². The molecule has 0 saturated heterocycles. The average Bonchev–Trinajstić information content (AvgIpc) is 3.28.